The molecule has 0 saturated carbocycles. The molecule has 0 bridgehead atoms. The maximum atomic E-state index is 2.32. The van der Waals surface area contributed by atoms with E-state index >= 15 is 0 Å². The lowest BCUT2D eigenvalue weighted by Crippen LogP contribution is -1.86. The molecule has 0 heteroatoms. The van der Waals surface area contributed by atoms with E-state index in [9.17, 15) is 0 Å². The Bertz CT molecular complexity index is 455. The van der Waals surface area contributed by atoms with Crippen molar-refractivity contribution in [1.29, 1.82) is 0 Å². The Morgan fingerprint density at radius 1 is 0.875 bits per heavy atom. The summed E-state index contributed by atoms with van der Waals surface area (Å²) in [4.78, 5) is 0. The van der Waals surface area contributed by atoms with Gasteiger partial charge in [0.15, 0.2) is 0 Å². The summed E-state index contributed by atoms with van der Waals surface area (Å²) in [5.41, 5.74) is 5.27. The molecule has 0 heterocycles. The first kappa shape index (κ1) is 10.9. The van der Waals surface area contributed by atoms with Gasteiger partial charge in [-0.05, 0) is 30.9 Å². The molecule has 0 radical (unpaired) electrons. The molecule has 82 valence electrons. The second kappa shape index (κ2) is 4.52. The fourth-order valence-corrected chi connectivity index (χ4v) is 2.02. The third-order valence-electron chi connectivity index (χ3n) is 2.88. The molecule has 0 spiro atoms. The Morgan fingerprint density at radius 3 is 2.25 bits per heavy atom. The fraction of sp³-hybridized carbons (Fsp3) is 0.250. The minimum absolute atomic E-state index is 0.506. The average Bonchev–Trinajstić information content (AvgIpc) is 2.41. The Morgan fingerprint density at radius 2 is 1.56 bits per heavy atom. The molecule has 16 heavy (non-hydrogen) atoms. The van der Waals surface area contributed by atoms with Crippen LogP contribution in [0.4, 0.5) is 0 Å². The van der Waals surface area contributed by atoms with Crippen molar-refractivity contribution < 1.29 is 0 Å². The molecule has 0 aromatic heterocycles. The van der Waals surface area contributed by atoms with E-state index in [1.807, 2.05) is 0 Å². The predicted octanol–water partition coefficient (Wildman–Crippen LogP) is 4.53. The molecule has 0 saturated heterocycles. The highest BCUT2D eigenvalue weighted by atomic mass is 14.1. The highest BCUT2D eigenvalue weighted by Gasteiger charge is 2.03. The van der Waals surface area contributed by atoms with Crippen LogP contribution < -0.4 is 0 Å². The van der Waals surface area contributed by atoms with Gasteiger partial charge >= 0.3 is 0 Å². The number of rotatable bonds is 1. The number of hydrogen-bond donors (Lipinski definition) is 0. The van der Waals surface area contributed by atoms with E-state index in [2.05, 4.69) is 69.3 Å². The lowest BCUT2D eigenvalue weighted by Gasteiger charge is -2.04. The van der Waals surface area contributed by atoms with Gasteiger partial charge in [-0.1, -0.05) is 66.6 Å². The molecule has 1 aliphatic carbocycles. The first-order valence-electron chi connectivity index (χ1n) is 5.80. The molecular formula is C16H18. The van der Waals surface area contributed by atoms with Gasteiger partial charge in [0.25, 0.3) is 0 Å². The second-order valence-corrected chi connectivity index (χ2v) is 4.59. The van der Waals surface area contributed by atoms with Gasteiger partial charge in [-0.15, -0.1) is 0 Å². The van der Waals surface area contributed by atoms with Crippen LogP contribution in [0.3, 0.4) is 0 Å². The molecular weight excluding hydrogens is 192 g/mol. The third kappa shape index (κ3) is 2.52. The Labute approximate surface area is 98.0 Å². The summed E-state index contributed by atoms with van der Waals surface area (Å²) in [5.74, 6) is 0.506. The van der Waals surface area contributed by atoms with Crippen LogP contribution in [0.5, 0.6) is 0 Å². The minimum Gasteiger partial charge on any atom is -0.0749 e. The quantitative estimate of drug-likeness (QED) is 0.638. The average molecular weight is 210 g/mol. The van der Waals surface area contributed by atoms with Crippen LogP contribution in [-0.2, 0) is 0 Å². The van der Waals surface area contributed by atoms with Crippen molar-refractivity contribution in [1.82, 2.24) is 0 Å². The molecule has 0 fully saturated rings. The van der Waals surface area contributed by atoms with Crippen LogP contribution in [0, 0.1) is 12.8 Å². The highest BCUT2D eigenvalue weighted by Crippen LogP contribution is 2.23. The number of benzene rings is 1. The van der Waals surface area contributed by atoms with Crippen molar-refractivity contribution in [2.45, 2.75) is 20.8 Å². The molecule has 2 rings (SSSR count). The van der Waals surface area contributed by atoms with Crippen molar-refractivity contribution in [3.8, 4) is 0 Å². The topological polar surface area (TPSA) is 0 Å². The van der Waals surface area contributed by atoms with Gasteiger partial charge in [-0.3, -0.25) is 0 Å². The maximum Gasteiger partial charge on any atom is -0.00670 e. The molecule has 0 aliphatic heterocycles. The van der Waals surface area contributed by atoms with Crippen LogP contribution >= 0.6 is 0 Å². The van der Waals surface area contributed by atoms with Gasteiger partial charge in [0.1, 0.15) is 0 Å². The van der Waals surface area contributed by atoms with E-state index < -0.39 is 0 Å². The van der Waals surface area contributed by atoms with Gasteiger partial charge in [-0.2, -0.15) is 0 Å². The Balaban J connectivity index is 2.35. The summed E-state index contributed by atoms with van der Waals surface area (Å²) in [6.45, 7) is 6.50. The van der Waals surface area contributed by atoms with Crippen molar-refractivity contribution in [2.24, 2.45) is 5.92 Å². The third-order valence-corrected chi connectivity index (χ3v) is 2.88. The van der Waals surface area contributed by atoms with E-state index in [1.54, 1.807) is 0 Å². The second-order valence-electron chi connectivity index (χ2n) is 4.59. The molecule has 1 aromatic carbocycles. The van der Waals surface area contributed by atoms with Crippen molar-refractivity contribution in [2.75, 3.05) is 0 Å². The molecule has 0 nitrogen and oxygen atoms in total. The molecule has 1 aromatic rings. The lowest BCUT2D eigenvalue weighted by atomic mass is 10.0. The predicted molar refractivity (Wildman–Crippen MR) is 71.2 cm³/mol. The molecule has 0 amide bonds. The van der Waals surface area contributed by atoms with E-state index in [-0.39, 0.29) is 0 Å². The van der Waals surface area contributed by atoms with E-state index in [1.165, 1.54) is 22.3 Å². The largest absolute Gasteiger partial charge is 0.0749 e. The van der Waals surface area contributed by atoms with Crippen molar-refractivity contribution in [3.05, 3.63) is 65.3 Å². The van der Waals surface area contributed by atoms with Gasteiger partial charge in [0.2, 0.25) is 0 Å². The van der Waals surface area contributed by atoms with Gasteiger partial charge in [0, 0.05) is 0 Å². The summed E-state index contributed by atoms with van der Waals surface area (Å²) in [5, 5.41) is 0. The smallest absolute Gasteiger partial charge is 0.00670 e. The SMILES string of the molecule is CC1=CC(C)C=C(c2ccc(C)cc2)C=C1. The Hall–Kier alpha value is -1.56. The van der Waals surface area contributed by atoms with Crippen molar-refractivity contribution >= 4 is 5.57 Å². The maximum absolute atomic E-state index is 2.32. The van der Waals surface area contributed by atoms with Crippen LogP contribution in [0.15, 0.2) is 54.1 Å². The zero-order valence-corrected chi connectivity index (χ0v) is 10.2. The standard InChI is InChI=1S/C16H18/c1-12-4-7-15(8-5-12)16-9-6-13(2)10-14(3)11-16/h4-11,14H,1-3H3. The number of hydrogen-bond acceptors (Lipinski definition) is 0. The van der Waals surface area contributed by atoms with Gasteiger partial charge in [-0.25, -0.2) is 0 Å². The zero-order valence-electron chi connectivity index (χ0n) is 10.2. The summed E-state index contributed by atoms with van der Waals surface area (Å²) < 4.78 is 0. The Kier molecular flexibility index (Phi) is 3.09. The van der Waals surface area contributed by atoms with Crippen LogP contribution in [0.25, 0.3) is 5.57 Å². The summed E-state index contributed by atoms with van der Waals surface area (Å²) >= 11 is 0. The molecule has 1 aliphatic rings. The summed E-state index contributed by atoms with van der Waals surface area (Å²) in [6, 6.07) is 8.72. The highest BCUT2D eigenvalue weighted by molar-refractivity contribution is 5.75. The first-order chi connectivity index (χ1) is 7.65. The van der Waals surface area contributed by atoms with Crippen LogP contribution in [-0.4, -0.2) is 0 Å². The monoisotopic (exact) mass is 210 g/mol. The minimum atomic E-state index is 0.506. The fourth-order valence-electron chi connectivity index (χ4n) is 2.02. The number of aryl methyl sites for hydroxylation is 1. The molecule has 0 N–H and O–H groups in total. The van der Waals surface area contributed by atoms with E-state index in [0.29, 0.717) is 5.92 Å². The van der Waals surface area contributed by atoms with Gasteiger partial charge in [0.05, 0.1) is 0 Å². The van der Waals surface area contributed by atoms with Crippen molar-refractivity contribution in [3.63, 3.8) is 0 Å². The lowest BCUT2D eigenvalue weighted by molar-refractivity contribution is 0.936. The first-order valence-corrected chi connectivity index (χ1v) is 5.80. The van der Waals surface area contributed by atoms with Crippen LogP contribution in [0.1, 0.15) is 25.0 Å². The molecule has 1 atom stereocenters. The van der Waals surface area contributed by atoms with E-state index in [0.717, 1.165) is 0 Å². The summed E-state index contributed by atoms with van der Waals surface area (Å²) in [6.07, 6.45) is 9.00. The zero-order chi connectivity index (χ0) is 11.5. The van der Waals surface area contributed by atoms with E-state index in [4.69, 9.17) is 0 Å². The normalized spacial score (nSPS) is 20.1. The number of allylic oxidation sites excluding steroid dienone is 6. The van der Waals surface area contributed by atoms with Crippen LogP contribution in [0.2, 0.25) is 0 Å². The molecule has 1 unspecified atom stereocenters. The van der Waals surface area contributed by atoms with Gasteiger partial charge < -0.3 is 0 Å². The summed E-state index contributed by atoms with van der Waals surface area (Å²) in [7, 11) is 0.